The van der Waals surface area contributed by atoms with Crippen LogP contribution in [-0.4, -0.2) is 80.2 Å². The highest BCUT2D eigenvalue weighted by Gasteiger charge is 2.25. The minimum Gasteiger partial charge on any atom is -0.354 e. The first-order chi connectivity index (χ1) is 12.1. The minimum absolute atomic E-state index is 0.448. The van der Waals surface area contributed by atoms with Gasteiger partial charge in [0.25, 0.3) is 0 Å². The van der Waals surface area contributed by atoms with Crippen LogP contribution in [0, 0.1) is 0 Å². The van der Waals surface area contributed by atoms with Crippen molar-refractivity contribution in [1.82, 2.24) is 24.3 Å². The van der Waals surface area contributed by atoms with E-state index in [0.717, 1.165) is 49.5 Å². The van der Waals surface area contributed by atoms with Gasteiger partial charge in [-0.1, -0.05) is 6.92 Å². The Hall–Kier alpha value is -1.46. The van der Waals surface area contributed by atoms with Gasteiger partial charge >= 0.3 is 0 Å². The lowest BCUT2D eigenvalue weighted by Gasteiger charge is -2.37. The van der Waals surface area contributed by atoms with Crippen molar-refractivity contribution in [2.45, 2.75) is 32.7 Å². The molecule has 1 aromatic heterocycles. The predicted octanol–water partition coefficient (Wildman–Crippen LogP) is 0.126. The maximum Gasteiger partial charge on any atom is 0.209 e. The molecule has 0 aliphatic carbocycles. The van der Waals surface area contributed by atoms with Gasteiger partial charge in [0.15, 0.2) is 5.96 Å². The van der Waals surface area contributed by atoms with E-state index in [1.807, 2.05) is 13.8 Å². The zero-order valence-electron chi connectivity index (χ0n) is 16.1. The summed E-state index contributed by atoms with van der Waals surface area (Å²) in [6.45, 7) is 9.53. The standard InChI is InChI=1S/C15H29N7O2S2/c1-6-12-18-14(25-19-12)22-9-7-21(8-10-22)13(16-4)17-11-15(2,3)20-26(5,23)24/h20H,6-11H2,1-5H3,(H,16,17). The van der Waals surface area contributed by atoms with Crippen LogP contribution in [0.2, 0.25) is 0 Å². The van der Waals surface area contributed by atoms with Crippen LogP contribution >= 0.6 is 11.5 Å². The van der Waals surface area contributed by atoms with Gasteiger partial charge in [0.1, 0.15) is 5.82 Å². The van der Waals surface area contributed by atoms with Gasteiger partial charge in [-0.3, -0.25) is 4.99 Å². The molecule has 26 heavy (non-hydrogen) atoms. The van der Waals surface area contributed by atoms with Crippen molar-refractivity contribution in [2.75, 3.05) is 50.9 Å². The lowest BCUT2D eigenvalue weighted by molar-refractivity contribution is 0.362. The van der Waals surface area contributed by atoms with Crippen molar-refractivity contribution >= 4 is 32.6 Å². The van der Waals surface area contributed by atoms with Gasteiger partial charge in [-0.25, -0.2) is 18.1 Å². The topological polar surface area (TPSA) is 103 Å². The molecule has 2 heterocycles. The number of nitrogens with one attached hydrogen (secondary N) is 2. The number of guanidine groups is 1. The Morgan fingerprint density at radius 2 is 1.96 bits per heavy atom. The maximum atomic E-state index is 11.5. The molecule has 9 nitrogen and oxygen atoms in total. The lowest BCUT2D eigenvalue weighted by Crippen LogP contribution is -2.56. The van der Waals surface area contributed by atoms with E-state index >= 15 is 0 Å². The summed E-state index contributed by atoms with van der Waals surface area (Å²) < 4.78 is 29.9. The van der Waals surface area contributed by atoms with Crippen LogP contribution in [-0.2, 0) is 16.4 Å². The number of anilines is 1. The Morgan fingerprint density at radius 3 is 2.46 bits per heavy atom. The third-order valence-corrected chi connectivity index (χ3v) is 5.72. The van der Waals surface area contributed by atoms with E-state index in [4.69, 9.17) is 0 Å². The summed E-state index contributed by atoms with van der Waals surface area (Å²) >= 11 is 1.45. The molecule has 0 unspecified atom stereocenters. The highest BCUT2D eigenvalue weighted by molar-refractivity contribution is 7.88. The molecule has 148 valence electrons. The van der Waals surface area contributed by atoms with Crippen molar-refractivity contribution < 1.29 is 8.42 Å². The Balaban J connectivity index is 1.88. The molecule has 2 N–H and O–H groups in total. The van der Waals surface area contributed by atoms with Gasteiger partial charge in [0.05, 0.1) is 6.26 Å². The molecule has 0 amide bonds. The van der Waals surface area contributed by atoms with E-state index in [-0.39, 0.29) is 0 Å². The van der Waals surface area contributed by atoms with E-state index in [1.165, 1.54) is 17.8 Å². The first kappa shape index (κ1) is 20.8. The van der Waals surface area contributed by atoms with Crippen LogP contribution in [0.15, 0.2) is 4.99 Å². The second-order valence-corrected chi connectivity index (χ2v) is 9.46. The van der Waals surface area contributed by atoms with Gasteiger partial charge in [0, 0.05) is 63.3 Å². The summed E-state index contributed by atoms with van der Waals surface area (Å²) in [6, 6.07) is 0. The second kappa shape index (κ2) is 8.49. The Labute approximate surface area is 160 Å². The third kappa shape index (κ3) is 6.06. The largest absolute Gasteiger partial charge is 0.354 e. The van der Waals surface area contributed by atoms with Crippen molar-refractivity contribution in [3.05, 3.63) is 5.82 Å². The number of hydrogen-bond acceptors (Lipinski definition) is 7. The highest BCUT2D eigenvalue weighted by atomic mass is 32.2. The lowest BCUT2D eigenvalue weighted by atomic mass is 10.1. The smallest absolute Gasteiger partial charge is 0.209 e. The summed E-state index contributed by atoms with van der Waals surface area (Å²) in [4.78, 5) is 13.3. The molecule has 11 heteroatoms. The molecule has 1 aromatic rings. The van der Waals surface area contributed by atoms with Crippen LogP contribution < -0.4 is 14.9 Å². The summed E-state index contributed by atoms with van der Waals surface area (Å²) in [7, 11) is -1.52. The highest BCUT2D eigenvalue weighted by Crippen LogP contribution is 2.19. The number of aromatic nitrogens is 2. The Kier molecular flexibility index (Phi) is 6.80. The van der Waals surface area contributed by atoms with Gasteiger partial charge in [-0.15, -0.1) is 0 Å². The second-order valence-electron chi connectivity index (χ2n) is 6.98. The summed E-state index contributed by atoms with van der Waals surface area (Å²) in [6.07, 6.45) is 2.02. The van der Waals surface area contributed by atoms with Crippen molar-refractivity contribution in [3.63, 3.8) is 0 Å². The summed E-state index contributed by atoms with van der Waals surface area (Å²) in [5, 5.41) is 4.25. The zero-order chi connectivity index (χ0) is 19.4. The van der Waals surface area contributed by atoms with Crippen LogP contribution in [0.4, 0.5) is 5.13 Å². The van der Waals surface area contributed by atoms with Crippen molar-refractivity contribution in [3.8, 4) is 0 Å². The van der Waals surface area contributed by atoms with Crippen LogP contribution in [0.25, 0.3) is 0 Å². The zero-order valence-corrected chi connectivity index (χ0v) is 17.7. The van der Waals surface area contributed by atoms with Crippen molar-refractivity contribution in [2.24, 2.45) is 4.99 Å². The molecule has 0 saturated carbocycles. The molecule has 0 spiro atoms. The minimum atomic E-state index is -3.26. The van der Waals surface area contributed by atoms with Gasteiger partial charge in [-0.05, 0) is 13.8 Å². The molecular weight excluding hydrogens is 374 g/mol. The van der Waals surface area contributed by atoms with Crippen LogP contribution in [0.5, 0.6) is 0 Å². The fourth-order valence-electron chi connectivity index (χ4n) is 2.80. The van der Waals surface area contributed by atoms with E-state index in [9.17, 15) is 8.42 Å². The molecular formula is C15H29N7O2S2. The predicted molar refractivity (Wildman–Crippen MR) is 106 cm³/mol. The van der Waals surface area contributed by atoms with Gasteiger partial charge in [0.2, 0.25) is 15.2 Å². The van der Waals surface area contributed by atoms with E-state index in [0.29, 0.717) is 6.54 Å². The van der Waals surface area contributed by atoms with E-state index in [1.54, 1.807) is 7.05 Å². The number of sulfonamides is 1. The Bertz CT molecular complexity index is 722. The number of piperazine rings is 1. The third-order valence-electron chi connectivity index (χ3n) is 3.99. The Morgan fingerprint density at radius 1 is 1.31 bits per heavy atom. The fourth-order valence-corrected chi connectivity index (χ4v) is 4.67. The number of aliphatic imine (C=N–C) groups is 1. The normalized spacial score (nSPS) is 16.9. The molecule has 1 aliphatic rings. The number of nitrogens with zero attached hydrogens (tertiary/aromatic N) is 5. The molecule has 1 saturated heterocycles. The monoisotopic (exact) mass is 403 g/mol. The molecule has 1 aliphatic heterocycles. The molecule has 0 bridgehead atoms. The number of rotatable bonds is 6. The number of aryl methyl sites for hydroxylation is 1. The summed E-state index contributed by atoms with van der Waals surface area (Å²) in [5.74, 6) is 1.67. The maximum absolute atomic E-state index is 11.5. The first-order valence-electron chi connectivity index (χ1n) is 8.65. The number of hydrogen-bond donors (Lipinski definition) is 2. The van der Waals surface area contributed by atoms with E-state index < -0.39 is 15.6 Å². The molecule has 0 radical (unpaired) electrons. The van der Waals surface area contributed by atoms with Crippen LogP contribution in [0.3, 0.4) is 0 Å². The van der Waals surface area contributed by atoms with Gasteiger partial charge in [-0.2, -0.15) is 4.37 Å². The molecule has 2 rings (SSSR count). The quantitative estimate of drug-likeness (QED) is 0.514. The average Bonchev–Trinajstić information content (AvgIpc) is 3.03. The molecule has 1 fully saturated rings. The molecule has 0 atom stereocenters. The van der Waals surface area contributed by atoms with Crippen LogP contribution in [0.1, 0.15) is 26.6 Å². The van der Waals surface area contributed by atoms with Gasteiger partial charge < -0.3 is 15.1 Å². The molecule has 0 aromatic carbocycles. The van der Waals surface area contributed by atoms with Crippen molar-refractivity contribution in [1.29, 1.82) is 0 Å². The fraction of sp³-hybridized carbons (Fsp3) is 0.800. The summed E-state index contributed by atoms with van der Waals surface area (Å²) in [5.41, 5.74) is -0.603. The SMILES string of the molecule is CCc1nsc(N2CCN(C(=NC)NCC(C)(C)NS(C)(=O)=O)CC2)n1. The first-order valence-corrected chi connectivity index (χ1v) is 11.3. The van der Waals surface area contributed by atoms with E-state index in [2.05, 4.69) is 41.1 Å². The average molecular weight is 404 g/mol.